The van der Waals surface area contributed by atoms with Crippen molar-refractivity contribution in [3.8, 4) is 0 Å². The summed E-state index contributed by atoms with van der Waals surface area (Å²) in [5, 5.41) is 13.6. The Morgan fingerprint density at radius 3 is 2.59 bits per heavy atom. The second-order valence-corrected chi connectivity index (χ2v) is 8.28. The minimum absolute atomic E-state index is 0.0117. The van der Waals surface area contributed by atoms with Crippen LogP contribution in [0.4, 0.5) is 0 Å². The molecule has 0 amide bonds. The van der Waals surface area contributed by atoms with E-state index in [4.69, 9.17) is 9.26 Å². The average molecular weight is 378 g/mol. The number of carbonyl (C=O) groups is 1. The van der Waals surface area contributed by atoms with Crippen LogP contribution in [0.2, 0.25) is 0 Å². The smallest absolute Gasteiger partial charge is 0.312 e. The fourth-order valence-electron chi connectivity index (χ4n) is 4.57. The number of aromatic nitrogens is 2. The summed E-state index contributed by atoms with van der Waals surface area (Å²) in [6.07, 6.45) is 4.70. The van der Waals surface area contributed by atoms with Crippen LogP contribution in [-0.2, 0) is 22.5 Å². The van der Waals surface area contributed by atoms with Crippen LogP contribution in [0, 0.1) is 5.41 Å². The van der Waals surface area contributed by atoms with Gasteiger partial charge in [0.15, 0.2) is 5.82 Å². The quantitative estimate of drug-likeness (QED) is 0.759. The second kappa shape index (κ2) is 7.85. The number of piperidine rings is 2. The Morgan fingerprint density at radius 2 is 1.93 bits per heavy atom. The van der Waals surface area contributed by atoms with Gasteiger partial charge in [0, 0.05) is 32.5 Å². The fraction of sp³-hybridized carbons (Fsp3) is 0.842. The third-order valence-corrected chi connectivity index (χ3v) is 6.34. The van der Waals surface area contributed by atoms with Gasteiger partial charge >= 0.3 is 5.97 Å². The van der Waals surface area contributed by atoms with E-state index in [1.165, 1.54) is 0 Å². The second-order valence-electron chi connectivity index (χ2n) is 8.28. The molecule has 3 fully saturated rings. The highest BCUT2D eigenvalue weighted by Gasteiger charge is 2.50. The van der Waals surface area contributed by atoms with Crippen LogP contribution in [0.1, 0.15) is 50.7 Å². The summed E-state index contributed by atoms with van der Waals surface area (Å²) in [6.45, 7) is 6.93. The van der Waals surface area contributed by atoms with Crippen molar-refractivity contribution in [2.45, 2.75) is 64.2 Å². The number of aliphatic hydroxyl groups excluding tert-OH is 1. The van der Waals surface area contributed by atoms with Crippen molar-refractivity contribution in [3.63, 3.8) is 0 Å². The molecule has 0 bridgehead atoms. The summed E-state index contributed by atoms with van der Waals surface area (Å²) < 4.78 is 11.0. The molecule has 0 aromatic carbocycles. The molecule has 1 aromatic heterocycles. The number of cyclic esters (lactones) is 1. The highest BCUT2D eigenvalue weighted by Crippen LogP contribution is 2.43. The number of ether oxygens (including phenoxy) is 1. The Bertz CT molecular complexity index is 648. The van der Waals surface area contributed by atoms with Crippen molar-refractivity contribution in [1.82, 2.24) is 19.9 Å². The molecule has 1 atom stereocenters. The van der Waals surface area contributed by atoms with Crippen LogP contribution in [0.15, 0.2) is 4.52 Å². The SMILES string of the molecule is CCc1noc(CN2CCC3(CC2)CC(CN2CCC(O)CC2)OC3=O)n1. The minimum atomic E-state index is -0.320. The van der Waals surface area contributed by atoms with Gasteiger partial charge in [0.1, 0.15) is 6.10 Å². The first kappa shape index (κ1) is 18.8. The third kappa shape index (κ3) is 4.17. The van der Waals surface area contributed by atoms with E-state index in [1.54, 1.807) is 0 Å². The number of aliphatic hydroxyl groups is 1. The van der Waals surface area contributed by atoms with Crippen LogP contribution in [0.3, 0.4) is 0 Å². The molecule has 3 saturated heterocycles. The zero-order valence-corrected chi connectivity index (χ0v) is 16.1. The van der Waals surface area contributed by atoms with Gasteiger partial charge in [0.2, 0.25) is 5.89 Å². The van der Waals surface area contributed by atoms with E-state index < -0.39 is 0 Å². The van der Waals surface area contributed by atoms with Crippen LogP contribution < -0.4 is 0 Å². The summed E-state index contributed by atoms with van der Waals surface area (Å²) in [5.41, 5.74) is -0.320. The van der Waals surface area contributed by atoms with Crippen LogP contribution in [0.25, 0.3) is 0 Å². The largest absolute Gasteiger partial charge is 0.461 e. The Labute approximate surface area is 159 Å². The fourth-order valence-corrected chi connectivity index (χ4v) is 4.57. The number of nitrogens with zero attached hydrogens (tertiary/aromatic N) is 4. The van der Waals surface area contributed by atoms with Gasteiger partial charge < -0.3 is 14.4 Å². The van der Waals surface area contributed by atoms with Gasteiger partial charge in [-0.3, -0.25) is 14.6 Å². The van der Waals surface area contributed by atoms with Crippen LogP contribution >= 0.6 is 0 Å². The first-order chi connectivity index (χ1) is 13.1. The van der Waals surface area contributed by atoms with Gasteiger partial charge in [-0.15, -0.1) is 0 Å². The molecule has 4 heterocycles. The molecule has 1 spiro atoms. The lowest BCUT2D eigenvalue weighted by atomic mass is 9.76. The summed E-state index contributed by atoms with van der Waals surface area (Å²) in [6, 6.07) is 0. The van der Waals surface area contributed by atoms with Gasteiger partial charge in [-0.2, -0.15) is 4.98 Å². The molecule has 0 radical (unpaired) electrons. The number of carbonyl (C=O) groups excluding carboxylic acids is 1. The highest BCUT2D eigenvalue weighted by atomic mass is 16.6. The maximum Gasteiger partial charge on any atom is 0.312 e. The number of rotatable bonds is 5. The van der Waals surface area contributed by atoms with Crippen molar-refractivity contribution in [3.05, 3.63) is 11.7 Å². The zero-order valence-electron chi connectivity index (χ0n) is 16.1. The third-order valence-electron chi connectivity index (χ3n) is 6.34. The van der Waals surface area contributed by atoms with Crippen molar-refractivity contribution in [2.75, 3.05) is 32.7 Å². The summed E-state index contributed by atoms with van der Waals surface area (Å²) >= 11 is 0. The van der Waals surface area contributed by atoms with E-state index >= 15 is 0 Å². The molecule has 27 heavy (non-hydrogen) atoms. The predicted molar refractivity (Wildman–Crippen MR) is 96.8 cm³/mol. The maximum atomic E-state index is 12.6. The van der Waals surface area contributed by atoms with Gasteiger partial charge in [-0.25, -0.2) is 0 Å². The Hall–Kier alpha value is -1.51. The lowest BCUT2D eigenvalue weighted by Gasteiger charge is -2.36. The number of esters is 1. The number of hydrogen-bond acceptors (Lipinski definition) is 8. The molecular weight excluding hydrogens is 348 g/mol. The molecule has 1 unspecified atom stereocenters. The molecule has 0 aliphatic carbocycles. The predicted octanol–water partition coefficient (Wildman–Crippen LogP) is 0.986. The lowest BCUT2D eigenvalue weighted by molar-refractivity contribution is -0.151. The van der Waals surface area contributed by atoms with Crippen molar-refractivity contribution in [1.29, 1.82) is 0 Å². The molecule has 1 N–H and O–H groups in total. The Kier molecular flexibility index (Phi) is 5.48. The highest BCUT2D eigenvalue weighted by molar-refractivity contribution is 5.79. The average Bonchev–Trinajstić information content (AvgIpc) is 3.24. The summed E-state index contributed by atoms with van der Waals surface area (Å²) in [7, 11) is 0. The Balaban J connectivity index is 1.27. The molecular formula is C19H30N4O4. The molecule has 3 aliphatic heterocycles. The minimum Gasteiger partial charge on any atom is -0.461 e. The van der Waals surface area contributed by atoms with Gasteiger partial charge in [0.05, 0.1) is 18.1 Å². The standard InChI is InChI=1S/C19H30N4O4/c1-2-16-20-17(27-21-16)13-23-9-5-19(6-10-23)11-15(26-18(19)25)12-22-7-3-14(24)4-8-22/h14-15,24H,2-13H2,1H3. The van der Waals surface area contributed by atoms with Crippen molar-refractivity contribution < 1.29 is 19.2 Å². The first-order valence-electron chi connectivity index (χ1n) is 10.2. The van der Waals surface area contributed by atoms with Crippen molar-refractivity contribution in [2.24, 2.45) is 5.41 Å². The van der Waals surface area contributed by atoms with E-state index in [-0.39, 0.29) is 23.6 Å². The maximum absolute atomic E-state index is 12.6. The zero-order chi connectivity index (χ0) is 18.9. The first-order valence-corrected chi connectivity index (χ1v) is 10.2. The van der Waals surface area contributed by atoms with E-state index in [9.17, 15) is 9.90 Å². The molecule has 3 aliphatic rings. The molecule has 8 nitrogen and oxygen atoms in total. The molecule has 8 heteroatoms. The van der Waals surface area contributed by atoms with E-state index in [0.717, 1.165) is 77.1 Å². The van der Waals surface area contributed by atoms with E-state index in [1.807, 2.05) is 6.92 Å². The van der Waals surface area contributed by atoms with E-state index in [2.05, 4.69) is 19.9 Å². The normalized spacial score (nSPS) is 27.3. The van der Waals surface area contributed by atoms with Gasteiger partial charge in [-0.1, -0.05) is 12.1 Å². The summed E-state index contributed by atoms with van der Waals surface area (Å²) in [5.74, 6) is 1.38. The number of aryl methyl sites for hydroxylation is 1. The summed E-state index contributed by atoms with van der Waals surface area (Å²) in [4.78, 5) is 21.6. The molecule has 4 rings (SSSR count). The number of likely N-dealkylation sites (tertiary alicyclic amines) is 2. The molecule has 0 saturated carbocycles. The topological polar surface area (TPSA) is 91.9 Å². The number of hydrogen-bond donors (Lipinski definition) is 1. The van der Waals surface area contributed by atoms with Crippen LogP contribution in [0.5, 0.6) is 0 Å². The van der Waals surface area contributed by atoms with Gasteiger partial charge in [-0.05, 0) is 38.8 Å². The van der Waals surface area contributed by atoms with E-state index in [0.29, 0.717) is 12.4 Å². The van der Waals surface area contributed by atoms with Crippen LogP contribution in [-0.4, -0.2) is 75.9 Å². The van der Waals surface area contributed by atoms with Gasteiger partial charge in [0.25, 0.3) is 0 Å². The lowest BCUT2D eigenvalue weighted by Crippen LogP contribution is -2.42. The molecule has 1 aromatic rings. The Morgan fingerprint density at radius 1 is 1.19 bits per heavy atom. The van der Waals surface area contributed by atoms with Crippen molar-refractivity contribution >= 4 is 5.97 Å². The molecule has 150 valence electrons. The monoisotopic (exact) mass is 378 g/mol.